The van der Waals surface area contributed by atoms with Crippen molar-refractivity contribution < 1.29 is 22.9 Å². The average Bonchev–Trinajstić information content (AvgIpc) is 2.75. The van der Waals surface area contributed by atoms with Crippen LogP contribution in [0.3, 0.4) is 0 Å². The van der Waals surface area contributed by atoms with Gasteiger partial charge in [-0.3, -0.25) is 4.52 Å². The average molecular weight is 433 g/mol. The largest absolute Gasteiger partial charge is 0.587 e. The maximum absolute atomic E-state index is 13.4. The summed E-state index contributed by atoms with van der Waals surface area (Å²) in [5.74, 6) is 0.797. The molecule has 152 valence electrons. The van der Waals surface area contributed by atoms with Gasteiger partial charge in [-0.15, -0.1) is 11.6 Å². The summed E-state index contributed by atoms with van der Waals surface area (Å²) in [5, 5.41) is 0. The Morgan fingerprint density at radius 3 is 1.72 bits per heavy atom. The van der Waals surface area contributed by atoms with E-state index in [4.69, 9.17) is 29.9 Å². The normalized spacial score (nSPS) is 12.3. The second-order valence-corrected chi connectivity index (χ2v) is 7.92. The third-order valence-corrected chi connectivity index (χ3v) is 5.56. The smallest absolute Gasteiger partial charge is 0.395 e. The monoisotopic (exact) mass is 432 g/mol. The third kappa shape index (κ3) is 7.22. The molecule has 0 heterocycles. The van der Waals surface area contributed by atoms with E-state index in [0.29, 0.717) is 18.1 Å². The number of para-hydroxylation sites is 2. The van der Waals surface area contributed by atoms with Gasteiger partial charge >= 0.3 is 7.82 Å². The number of hydrogen-bond donors (Lipinski definition) is 0. The van der Waals surface area contributed by atoms with Crippen molar-refractivity contribution in [1.29, 1.82) is 0 Å². The van der Waals surface area contributed by atoms with Crippen molar-refractivity contribution in [2.24, 2.45) is 0 Å². The molecule has 7 heteroatoms. The molecule has 3 aromatic rings. The van der Waals surface area contributed by atoms with Crippen molar-refractivity contribution in [1.82, 2.24) is 0 Å². The molecule has 29 heavy (non-hydrogen) atoms. The lowest BCUT2D eigenvalue weighted by Gasteiger charge is -2.23. The quantitative estimate of drug-likeness (QED) is 0.271. The summed E-state index contributed by atoms with van der Waals surface area (Å²) in [4.78, 5) is 0. The fourth-order valence-electron chi connectivity index (χ4n) is 2.45. The number of phosphoric acid groups is 1. The van der Waals surface area contributed by atoms with Crippen LogP contribution in [0.4, 0.5) is 0 Å². The molecule has 0 radical (unpaired) electrons. The van der Waals surface area contributed by atoms with Crippen LogP contribution in [-0.2, 0) is 20.4 Å². The molecule has 3 rings (SSSR count). The molecule has 0 aliphatic heterocycles. The molecule has 0 aromatic heterocycles. The van der Waals surface area contributed by atoms with Crippen molar-refractivity contribution in [3.05, 3.63) is 96.6 Å². The predicted molar refractivity (Wildman–Crippen MR) is 113 cm³/mol. The Kier molecular flexibility index (Phi) is 8.14. The number of phosphoric ester groups is 1. The van der Waals surface area contributed by atoms with Gasteiger partial charge in [0, 0.05) is 0 Å². The van der Waals surface area contributed by atoms with Gasteiger partial charge in [-0.1, -0.05) is 66.7 Å². The zero-order chi connectivity index (χ0) is 20.4. The Labute approximate surface area is 175 Å². The molecule has 0 aliphatic rings. The molecule has 1 atom stereocenters. The Morgan fingerprint density at radius 1 is 0.759 bits per heavy atom. The van der Waals surface area contributed by atoms with Gasteiger partial charge in [0.25, 0.3) is 0 Å². The van der Waals surface area contributed by atoms with Crippen molar-refractivity contribution in [2.75, 3.05) is 12.5 Å². The minimum absolute atomic E-state index is 0.0646. The standard InChI is InChI=1S/C22H22ClO5P/c23-16-22(18-25-17-19-10-4-1-5-11-19)28-29(24,26-20-12-6-2-7-13-20)27-21-14-8-3-9-15-21/h1-15,22H,16-18H2/t22-/m0/s1. The van der Waals surface area contributed by atoms with Crippen LogP contribution in [0.2, 0.25) is 0 Å². The first-order chi connectivity index (χ1) is 14.2. The lowest BCUT2D eigenvalue weighted by atomic mass is 10.2. The number of alkyl halides is 1. The van der Waals surface area contributed by atoms with E-state index >= 15 is 0 Å². The maximum atomic E-state index is 13.4. The summed E-state index contributed by atoms with van der Waals surface area (Å²) in [6.45, 7) is 0.527. The van der Waals surface area contributed by atoms with Crippen LogP contribution in [0.5, 0.6) is 11.5 Å². The minimum atomic E-state index is -4.01. The van der Waals surface area contributed by atoms with Crippen LogP contribution in [-0.4, -0.2) is 18.6 Å². The van der Waals surface area contributed by atoms with E-state index in [1.807, 2.05) is 42.5 Å². The molecular weight excluding hydrogens is 411 g/mol. The number of halogens is 1. The molecule has 0 saturated heterocycles. The van der Waals surface area contributed by atoms with Gasteiger partial charge in [0.05, 0.1) is 19.1 Å². The highest BCUT2D eigenvalue weighted by molar-refractivity contribution is 7.49. The van der Waals surface area contributed by atoms with Crippen molar-refractivity contribution in [3.63, 3.8) is 0 Å². The number of hydrogen-bond acceptors (Lipinski definition) is 5. The van der Waals surface area contributed by atoms with Crippen LogP contribution in [0.15, 0.2) is 91.0 Å². The molecule has 0 spiro atoms. The first kappa shape index (κ1) is 21.4. The second kappa shape index (κ2) is 11.0. The van der Waals surface area contributed by atoms with Crippen molar-refractivity contribution in [3.8, 4) is 11.5 Å². The summed E-state index contributed by atoms with van der Waals surface area (Å²) < 4.78 is 35.9. The number of rotatable bonds is 11. The van der Waals surface area contributed by atoms with Gasteiger partial charge in [0.1, 0.15) is 17.6 Å². The van der Waals surface area contributed by atoms with Crippen LogP contribution < -0.4 is 9.05 Å². The lowest BCUT2D eigenvalue weighted by Crippen LogP contribution is -2.23. The Hall–Kier alpha value is -2.30. The van der Waals surface area contributed by atoms with Gasteiger partial charge in [-0.25, -0.2) is 4.57 Å². The first-order valence-corrected chi connectivity index (χ1v) is 11.1. The van der Waals surface area contributed by atoms with Crippen LogP contribution in [0, 0.1) is 0 Å². The summed E-state index contributed by atoms with van der Waals surface area (Å²) in [5.41, 5.74) is 1.02. The first-order valence-electron chi connectivity index (χ1n) is 9.12. The van der Waals surface area contributed by atoms with Gasteiger partial charge in [0.15, 0.2) is 0 Å². The zero-order valence-electron chi connectivity index (χ0n) is 15.7. The fraction of sp³-hybridized carbons (Fsp3) is 0.182. The summed E-state index contributed by atoms with van der Waals surface area (Å²) in [6, 6.07) is 27.1. The van der Waals surface area contributed by atoms with Crippen LogP contribution >= 0.6 is 19.4 Å². The molecule has 0 unspecified atom stereocenters. The van der Waals surface area contributed by atoms with E-state index in [-0.39, 0.29) is 12.5 Å². The lowest BCUT2D eigenvalue weighted by molar-refractivity contribution is 0.0384. The molecule has 0 N–H and O–H groups in total. The van der Waals surface area contributed by atoms with E-state index in [9.17, 15) is 4.57 Å². The SMILES string of the molecule is O=P(Oc1ccccc1)(Oc1ccccc1)O[C@@H](CCl)COCc1ccccc1. The number of benzene rings is 3. The highest BCUT2D eigenvalue weighted by Crippen LogP contribution is 2.50. The third-order valence-electron chi connectivity index (χ3n) is 3.79. The molecule has 0 amide bonds. The molecule has 0 saturated carbocycles. The van der Waals surface area contributed by atoms with E-state index in [1.54, 1.807) is 48.5 Å². The van der Waals surface area contributed by atoms with Crippen LogP contribution in [0.25, 0.3) is 0 Å². The van der Waals surface area contributed by atoms with Gasteiger partial charge in [-0.05, 0) is 29.8 Å². The molecule has 3 aromatic carbocycles. The number of ether oxygens (including phenoxy) is 1. The highest BCUT2D eigenvalue weighted by atomic mass is 35.5. The van der Waals surface area contributed by atoms with Crippen LogP contribution in [0.1, 0.15) is 5.56 Å². The maximum Gasteiger partial charge on any atom is 0.587 e. The van der Waals surface area contributed by atoms with Crippen molar-refractivity contribution in [2.45, 2.75) is 12.7 Å². The Morgan fingerprint density at radius 2 is 1.24 bits per heavy atom. The molecular formula is C22H22ClO5P. The van der Waals surface area contributed by atoms with Gasteiger partial charge in [-0.2, -0.15) is 0 Å². The van der Waals surface area contributed by atoms with Gasteiger partial charge in [0.2, 0.25) is 0 Å². The van der Waals surface area contributed by atoms with E-state index < -0.39 is 13.9 Å². The van der Waals surface area contributed by atoms with E-state index in [1.165, 1.54) is 0 Å². The van der Waals surface area contributed by atoms with E-state index in [0.717, 1.165) is 5.56 Å². The molecule has 0 aliphatic carbocycles. The minimum Gasteiger partial charge on any atom is -0.395 e. The molecule has 5 nitrogen and oxygen atoms in total. The van der Waals surface area contributed by atoms with Crippen molar-refractivity contribution >= 4 is 19.4 Å². The summed E-state index contributed by atoms with van der Waals surface area (Å²) in [6.07, 6.45) is -0.682. The zero-order valence-corrected chi connectivity index (χ0v) is 17.4. The second-order valence-electron chi connectivity index (χ2n) is 6.14. The Balaban J connectivity index is 1.67. The summed E-state index contributed by atoms with van der Waals surface area (Å²) in [7, 11) is -4.01. The highest BCUT2D eigenvalue weighted by Gasteiger charge is 2.34. The Bertz CT molecular complexity index is 847. The van der Waals surface area contributed by atoms with E-state index in [2.05, 4.69) is 0 Å². The summed E-state index contributed by atoms with van der Waals surface area (Å²) >= 11 is 6.02. The topological polar surface area (TPSA) is 54.0 Å². The predicted octanol–water partition coefficient (Wildman–Crippen LogP) is 6.09. The molecule has 0 fully saturated rings. The molecule has 0 bridgehead atoms. The fourth-order valence-corrected chi connectivity index (χ4v) is 4.07. The van der Waals surface area contributed by atoms with Gasteiger partial charge < -0.3 is 13.8 Å².